The van der Waals surface area contributed by atoms with Gasteiger partial charge in [0.1, 0.15) is 5.75 Å². The minimum atomic E-state index is 0.383. The molecular weight excluding hydrogens is 292 g/mol. The molecule has 122 valence electrons. The van der Waals surface area contributed by atoms with Crippen LogP contribution in [0.1, 0.15) is 47.0 Å². The summed E-state index contributed by atoms with van der Waals surface area (Å²) < 4.78 is 5.63. The van der Waals surface area contributed by atoms with Crippen molar-refractivity contribution in [1.29, 1.82) is 0 Å². The molecule has 1 aliphatic rings. The van der Waals surface area contributed by atoms with E-state index in [1.807, 2.05) is 31.2 Å². The third kappa shape index (κ3) is 4.87. The molecule has 0 radical (unpaired) electrons. The van der Waals surface area contributed by atoms with Crippen molar-refractivity contribution in [2.45, 2.75) is 53.0 Å². The Balaban J connectivity index is 1.96. The highest BCUT2D eigenvalue weighted by Crippen LogP contribution is 2.38. The molecular formula is C18H28N2OS. The molecule has 1 fully saturated rings. The number of hydrogen-bond donors (Lipinski definition) is 2. The van der Waals surface area contributed by atoms with E-state index in [1.54, 1.807) is 0 Å². The number of para-hydroxylation sites is 2. The third-order valence-corrected chi connectivity index (χ3v) is 4.38. The van der Waals surface area contributed by atoms with Crippen LogP contribution < -0.4 is 15.4 Å². The fourth-order valence-electron chi connectivity index (χ4n) is 3.65. The molecule has 1 aromatic carbocycles. The summed E-state index contributed by atoms with van der Waals surface area (Å²) in [4.78, 5) is 0. The van der Waals surface area contributed by atoms with Gasteiger partial charge in [0.05, 0.1) is 12.3 Å². The van der Waals surface area contributed by atoms with E-state index < -0.39 is 0 Å². The maximum atomic E-state index is 5.63. The first-order valence-electron chi connectivity index (χ1n) is 8.19. The quantitative estimate of drug-likeness (QED) is 0.795. The lowest BCUT2D eigenvalue weighted by Gasteiger charge is -2.39. The van der Waals surface area contributed by atoms with Gasteiger partial charge in [-0.1, -0.05) is 32.9 Å². The molecule has 0 heterocycles. The zero-order valence-corrected chi connectivity index (χ0v) is 14.9. The van der Waals surface area contributed by atoms with Gasteiger partial charge in [0.25, 0.3) is 0 Å². The van der Waals surface area contributed by atoms with E-state index in [0.29, 0.717) is 23.2 Å². The lowest BCUT2D eigenvalue weighted by molar-refractivity contribution is 0.162. The summed E-state index contributed by atoms with van der Waals surface area (Å²) in [6, 6.07) is 8.35. The maximum absolute atomic E-state index is 5.63. The van der Waals surface area contributed by atoms with Crippen LogP contribution in [-0.2, 0) is 0 Å². The first-order valence-corrected chi connectivity index (χ1v) is 8.60. The Morgan fingerprint density at radius 1 is 1.32 bits per heavy atom. The second-order valence-corrected chi connectivity index (χ2v) is 7.55. The molecule has 2 atom stereocenters. The number of benzene rings is 1. The largest absolute Gasteiger partial charge is 0.492 e. The molecule has 0 bridgehead atoms. The Morgan fingerprint density at radius 3 is 2.73 bits per heavy atom. The number of thiocarbonyl (C=S) groups is 1. The SMILES string of the molecule is CCOc1ccccc1NC(=S)NC1CC(C)CC(C)(C)C1. The molecule has 0 amide bonds. The minimum Gasteiger partial charge on any atom is -0.492 e. The molecule has 2 N–H and O–H groups in total. The molecule has 1 aliphatic carbocycles. The smallest absolute Gasteiger partial charge is 0.171 e. The molecule has 2 unspecified atom stereocenters. The van der Waals surface area contributed by atoms with Gasteiger partial charge in [-0.05, 0) is 61.9 Å². The van der Waals surface area contributed by atoms with Gasteiger partial charge in [-0.15, -0.1) is 0 Å². The first-order chi connectivity index (χ1) is 10.4. The van der Waals surface area contributed by atoms with Gasteiger partial charge >= 0.3 is 0 Å². The Labute approximate surface area is 139 Å². The summed E-state index contributed by atoms with van der Waals surface area (Å²) in [5.41, 5.74) is 1.30. The van der Waals surface area contributed by atoms with Crippen LogP contribution in [-0.4, -0.2) is 17.8 Å². The van der Waals surface area contributed by atoms with E-state index in [9.17, 15) is 0 Å². The molecule has 2 rings (SSSR count). The molecule has 0 saturated heterocycles. The topological polar surface area (TPSA) is 33.3 Å². The Hall–Kier alpha value is -1.29. The van der Waals surface area contributed by atoms with Gasteiger partial charge in [-0.2, -0.15) is 0 Å². The predicted molar refractivity (Wildman–Crippen MR) is 97.6 cm³/mol. The summed E-state index contributed by atoms with van der Waals surface area (Å²) in [6.07, 6.45) is 3.63. The third-order valence-electron chi connectivity index (χ3n) is 4.16. The van der Waals surface area contributed by atoms with Gasteiger partial charge in [-0.25, -0.2) is 0 Å². The summed E-state index contributed by atoms with van der Waals surface area (Å²) in [5, 5.41) is 7.45. The summed E-state index contributed by atoms with van der Waals surface area (Å²) in [5.74, 6) is 1.58. The minimum absolute atomic E-state index is 0.383. The fraction of sp³-hybridized carbons (Fsp3) is 0.611. The van der Waals surface area contributed by atoms with E-state index in [-0.39, 0.29) is 0 Å². The van der Waals surface area contributed by atoms with Crippen molar-refractivity contribution >= 4 is 23.0 Å². The molecule has 0 aliphatic heterocycles. The molecule has 1 saturated carbocycles. The van der Waals surface area contributed by atoms with Gasteiger partial charge in [-0.3, -0.25) is 0 Å². The van der Waals surface area contributed by atoms with Crippen molar-refractivity contribution in [2.24, 2.45) is 11.3 Å². The number of nitrogens with one attached hydrogen (secondary N) is 2. The van der Waals surface area contributed by atoms with Gasteiger partial charge in [0.15, 0.2) is 5.11 Å². The van der Waals surface area contributed by atoms with E-state index >= 15 is 0 Å². The highest BCUT2D eigenvalue weighted by molar-refractivity contribution is 7.80. The van der Waals surface area contributed by atoms with Crippen molar-refractivity contribution in [3.8, 4) is 5.75 Å². The van der Waals surface area contributed by atoms with Crippen LogP contribution in [0.2, 0.25) is 0 Å². The van der Waals surface area contributed by atoms with Crippen LogP contribution in [0.25, 0.3) is 0 Å². The molecule has 3 nitrogen and oxygen atoms in total. The zero-order chi connectivity index (χ0) is 16.2. The highest BCUT2D eigenvalue weighted by atomic mass is 32.1. The number of hydrogen-bond acceptors (Lipinski definition) is 2. The lowest BCUT2D eigenvalue weighted by atomic mass is 9.71. The van der Waals surface area contributed by atoms with E-state index in [4.69, 9.17) is 17.0 Å². The van der Waals surface area contributed by atoms with Crippen LogP contribution in [0.5, 0.6) is 5.75 Å². The predicted octanol–water partition coefficient (Wildman–Crippen LogP) is 4.59. The van der Waals surface area contributed by atoms with Crippen LogP contribution in [0, 0.1) is 11.3 Å². The Kier molecular flexibility index (Phi) is 5.68. The maximum Gasteiger partial charge on any atom is 0.171 e. The van der Waals surface area contributed by atoms with Crippen molar-refractivity contribution < 1.29 is 4.74 Å². The number of rotatable bonds is 4. The second-order valence-electron chi connectivity index (χ2n) is 7.14. The first kappa shape index (κ1) is 17.1. The average Bonchev–Trinajstić information content (AvgIpc) is 2.38. The van der Waals surface area contributed by atoms with Crippen molar-refractivity contribution in [3.05, 3.63) is 24.3 Å². The van der Waals surface area contributed by atoms with Crippen molar-refractivity contribution in [1.82, 2.24) is 5.32 Å². The summed E-state index contributed by atoms with van der Waals surface area (Å²) >= 11 is 5.50. The fourth-order valence-corrected chi connectivity index (χ4v) is 3.93. The van der Waals surface area contributed by atoms with Gasteiger partial charge in [0.2, 0.25) is 0 Å². The van der Waals surface area contributed by atoms with Crippen molar-refractivity contribution in [3.63, 3.8) is 0 Å². The lowest BCUT2D eigenvalue weighted by Crippen LogP contribution is -2.44. The summed E-state index contributed by atoms with van der Waals surface area (Å²) in [6.45, 7) is 9.65. The van der Waals surface area contributed by atoms with E-state index in [1.165, 1.54) is 12.8 Å². The Morgan fingerprint density at radius 2 is 2.05 bits per heavy atom. The zero-order valence-electron chi connectivity index (χ0n) is 14.1. The summed E-state index contributed by atoms with van der Waals surface area (Å²) in [7, 11) is 0. The van der Waals surface area contributed by atoms with Crippen LogP contribution in [0.4, 0.5) is 5.69 Å². The molecule has 4 heteroatoms. The second kappa shape index (κ2) is 7.32. The highest BCUT2D eigenvalue weighted by Gasteiger charge is 2.32. The molecule has 1 aromatic rings. The van der Waals surface area contributed by atoms with Gasteiger partial charge in [0, 0.05) is 6.04 Å². The van der Waals surface area contributed by atoms with Crippen molar-refractivity contribution in [2.75, 3.05) is 11.9 Å². The molecule has 22 heavy (non-hydrogen) atoms. The van der Waals surface area contributed by atoms with E-state index in [2.05, 4.69) is 31.4 Å². The molecule has 0 aromatic heterocycles. The Bertz CT molecular complexity index is 516. The van der Waals surface area contributed by atoms with Crippen LogP contribution in [0.15, 0.2) is 24.3 Å². The normalized spacial score (nSPS) is 23.6. The number of ether oxygens (including phenoxy) is 1. The standard InChI is InChI=1S/C18H28N2OS/c1-5-21-16-9-7-6-8-15(16)20-17(22)19-14-10-13(2)11-18(3,4)12-14/h6-9,13-14H,5,10-12H2,1-4H3,(H2,19,20,22). The van der Waals surface area contributed by atoms with Gasteiger partial charge < -0.3 is 15.4 Å². The monoisotopic (exact) mass is 320 g/mol. The average molecular weight is 321 g/mol. The number of anilines is 1. The van der Waals surface area contributed by atoms with Crippen LogP contribution in [0.3, 0.4) is 0 Å². The molecule has 0 spiro atoms. The van der Waals surface area contributed by atoms with Crippen LogP contribution >= 0.6 is 12.2 Å². The van der Waals surface area contributed by atoms with E-state index in [0.717, 1.165) is 23.8 Å².